The van der Waals surface area contributed by atoms with Crippen LogP contribution in [0.25, 0.3) is 0 Å². The number of nitriles is 1. The number of amides is 1. The van der Waals surface area contributed by atoms with Crippen molar-refractivity contribution in [3.05, 3.63) is 65.0 Å². The number of benzene rings is 2. The smallest absolute Gasteiger partial charge is 0.335 e. The van der Waals surface area contributed by atoms with Crippen LogP contribution in [0.3, 0.4) is 0 Å². The molecule has 0 aliphatic carbocycles. The Labute approximate surface area is 119 Å². The average Bonchev–Trinajstić information content (AvgIpc) is 2.49. The molecule has 1 amide bonds. The van der Waals surface area contributed by atoms with E-state index in [4.69, 9.17) is 10.4 Å². The second-order valence-corrected chi connectivity index (χ2v) is 4.14. The molecule has 0 fully saturated rings. The number of hydrogen-bond acceptors (Lipinski definition) is 3. The summed E-state index contributed by atoms with van der Waals surface area (Å²) in [6.07, 6.45) is 0. The van der Waals surface area contributed by atoms with Gasteiger partial charge in [-0.3, -0.25) is 4.79 Å². The van der Waals surface area contributed by atoms with E-state index in [1.807, 2.05) is 0 Å². The molecule has 0 saturated carbocycles. The molecule has 0 saturated heterocycles. The zero-order valence-electron chi connectivity index (χ0n) is 10.6. The first kappa shape index (κ1) is 14.2. The van der Waals surface area contributed by atoms with Crippen molar-refractivity contribution >= 4 is 17.6 Å². The first-order valence-electron chi connectivity index (χ1n) is 5.85. The molecule has 0 unspecified atom stereocenters. The Balaban J connectivity index is 2.28. The van der Waals surface area contributed by atoms with E-state index in [9.17, 15) is 14.0 Å². The number of aromatic carboxylic acids is 1. The van der Waals surface area contributed by atoms with Crippen molar-refractivity contribution in [2.24, 2.45) is 0 Å². The van der Waals surface area contributed by atoms with Crippen molar-refractivity contribution in [1.82, 2.24) is 0 Å². The molecule has 0 atom stereocenters. The first-order valence-corrected chi connectivity index (χ1v) is 5.85. The van der Waals surface area contributed by atoms with E-state index in [0.717, 1.165) is 12.1 Å². The number of carboxylic acid groups (broad SMARTS) is 1. The van der Waals surface area contributed by atoms with E-state index in [0.29, 0.717) is 0 Å². The van der Waals surface area contributed by atoms with Crippen LogP contribution in [0.4, 0.5) is 10.1 Å². The summed E-state index contributed by atoms with van der Waals surface area (Å²) in [5.74, 6) is -2.32. The van der Waals surface area contributed by atoms with Crippen LogP contribution < -0.4 is 5.32 Å². The summed E-state index contributed by atoms with van der Waals surface area (Å²) in [5.41, 5.74) is 0.243. The number of halogens is 1. The van der Waals surface area contributed by atoms with Crippen molar-refractivity contribution in [1.29, 1.82) is 5.26 Å². The summed E-state index contributed by atoms with van der Waals surface area (Å²) in [6, 6.07) is 10.6. The predicted molar refractivity (Wildman–Crippen MR) is 72.5 cm³/mol. The topological polar surface area (TPSA) is 90.2 Å². The number of nitrogens with one attached hydrogen (secondary N) is 1. The molecular formula is C15H9FN2O3. The third-order valence-electron chi connectivity index (χ3n) is 2.72. The van der Waals surface area contributed by atoms with Gasteiger partial charge in [0.25, 0.3) is 5.91 Å². The molecule has 2 rings (SSSR count). The number of carbonyl (C=O) groups excluding carboxylic acids is 1. The van der Waals surface area contributed by atoms with Gasteiger partial charge in [-0.15, -0.1) is 0 Å². The van der Waals surface area contributed by atoms with Crippen molar-refractivity contribution in [3.63, 3.8) is 0 Å². The molecule has 0 aliphatic heterocycles. The summed E-state index contributed by atoms with van der Waals surface area (Å²) < 4.78 is 13.0. The Hall–Kier alpha value is -3.20. The minimum atomic E-state index is -1.15. The molecule has 5 nitrogen and oxygen atoms in total. The Morgan fingerprint density at radius 1 is 1.14 bits per heavy atom. The molecule has 2 aromatic carbocycles. The lowest BCUT2D eigenvalue weighted by Gasteiger charge is -2.07. The summed E-state index contributed by atoms with van der Waals surface area (Å²) in [4.78, 5) is 22.9. The number of carboxylic acids is 1. The number of rotatable bonds is 3. The van der Waals surface area contributed by atoms with Gasteiger partial charge in [-0.05, 0) is 36.4 Å². The van der Waals surface area contributed by atoms with Crippen LogP contribution >= 0.6 is 0 Å². The van der Waals surface area contributed by atoms with Crippen molar-refractivity contribution in [2.75, 3.05) is 5.32 Å². The molecule has 0 heterocycles. The summed E-state index contributed by atoms with van der Waals surface area (Å²) in [7, 11) is 0. The zero-order chi connectivity index (χ0) is 15.4. The zero-order valence-corrected chi connectivity index (χ0v) is 10.6. The molecule has 21 heavy (non-hydrogen) atoms. The second-order valence-electron chi connectivity index (χ2n) is 4.14. The Morgan fingerprint density at radius 2 is 1.86 bits per heavy atom. The highest BCUT2D eigenvalue weighted by Crippen LogP contribution is 2.17. The van der Waals surface area contributed by atoms with Gasteiger partial charge in [0.1, 0.15) is 11.9 Å². The Bertz CT molecular complexity index is 766. The van der Waals surface area contributed by atoms with Crippen LogP contribution in [0.2, 0.25) is 0 Å². The fourth-order valence-electron chi connectivity index (χ4n) is 1.71. The molecule has 104 valence electrons. The fourth-order valence-corrected chi connectivity index (χ4v) is 1.71. The number of carbonyl (C=O) groups is 2. The Morgan fingerprint density at radius 3 is 2.52 bits per heavy atom. The van der Waals surface area contributed by atoms with Gasteiger partial charge in [0, 0.05) is 5.56 Å². The van der Waals surface area contributed by atoms with Crippen LogP contribution in [0, 0.1) is 17.1 Å². The summed E-state index contributed by atoms with van der Waals surface area (Å²) in [5, 5.41) is 20.2. The van der Waals surface area contributed by atoms with E-state index >= 15 is 0 Å². The van der Waals surface area contributed by atoms with Crippen LogP contribution in [0.1, 0.15) is 26.3 Å². The molecule has 6 heteroatoms. The molecule has 0 bridgehead atoms. The SMILES string of the molecule is N#Cc1cc(F)ccc1NC(=O)c1cccc(C(=O)O)c1. The maximum Gasteiger partial charge on any atom is 0.335 e. The normalized spacial score (nSPS) is 9.71. The second kappa shape index (κ2) is 5.84. The van der Waals surface area contributed by atoms with Gasteiger partial charge in [-0.2, -0.15) is 5.26 Å². The van der Waals surface area contributed by atoms with Gasteiger partial charge < -0.3 is 10.4 Å². The largest absolute Gasteiger partial charge is 0.478 e. The minimum absolute atomic E-state index is 0.0160. The number of anilines is 1. The monoisotopic (exact) mass is 284 g/mol. The molecule has 2 N–H and O–H groups in total. The highest BCUT2D eigenvalue weighted by Gasteiger charge is 2.12. The van der Waals surface area contributed by atoms with Crippen molar-refractivity contribution in [3.8, 4) is 6.07 Å². The van der Waals surface area contributed by atoms with Gasteiger partial charge in [0.15, 0.2) is 0 Å². The standard InChI is InChI=1S/C15H9FN2O3/c16-12-4-5-13(11(7-12)8-17)18-14(19)9-2-1-3-10(6-9)15(20)21/h1-7H,(H,18,19)(H,20,21). The minimum Gasteiger partial charge on any atom is -0.478 e. The van der Waals surface area contributed by atoms with Crippen LogP contribution in [0.15, 0.2) is 42.5 Å². The fraction of sp³-hybridized carbons (Fsp3) is 0. The average molecular weight is 284 g/mol. The van der Waals surface area contributed by atoms with Crippen LogP contribution in [-0.4, -0.2) is 17.0 Å². The first-order chi connectivity index (χ1) is 10.0. The van der Waals surface area contributed by atoms with Gasteiger partial charge >= 0.3 is 5.97 Å². The van der Waals surface area contributed by atoms with E-state index in [1.165, 1.54) is 30.3 Å². The maximum absolute atomic E-state index is 13.0. The van der Waals surface area contributed by atoms with Crippen LogP contribution in [0.5, 0.6) is 0 Å². The quantitative estimate of drug-likeness (QED) is 0.906. The van der Waals surface area contributed by atoms with E-state index in [-0.39, 0.29) is 22.4 Å². The van der Waals surface area contributed by atoms with Gasteiger partial charge in [-0.25, -0.2) is 9.18 Å². The highest BCUT2D eigenvalue weighted by molar-refractivity contribution is 6.06. The third-order valence-corrected chi connectivity index (χ3v) is 2.72. The lowest BCUT2D eigenvalue weighted by atomic mass is 10.1. The van der Waals surface area contributed by atoms with Crippen molar-refractivity contribution in [2.45, 2.75) is 0 Å². The van der Waals surface area contributed by atoms with E-state index < -0.39 is 17.7 Å². The molecule has 0 aromatic heterocycles. The number of nitrogens with zero attached hydrogens (tertiary/aromatic N) is 1. The molecule has 0 aliphatic rings. The van der Waals surface area contributed by atoms with Gasteiger partial charge in [-0.1, -0.05) is 6.07 Å². The van der Waals surface area contributed by atoms with Gasteiger partial charge in [0.05, 0.1) is 16.8 Å². The molecule has 0 spiro atoms. The van der Waals surface area contributed by atoms with Crippen molar-refractivity contribution < 1.29 is 19.1 Å². The summed E-state index contributed by atoms with van der Waals surface area (Å²) >= 11 is 0. The van der Waals surface area contributed by atoms with Gasteiger partial charge in [0.2, 0.25) is 0 Å². The lowest BCUT2D eigenvalue weighted by Crippen LogP contribution is -2.13. The van der Waals surface area contributed by atoms with E-state index in [2.05, 4.69) is 5.32 Å². The Kier molecular flexibility index (Phi) is 3.95. The summed E-state index contributed by atoms with van der Waals surface area (Å²) in [6.45, 7) is 0. The molecular weight excluding hydrogens is 275 g/mol. The molecule has 0 radical (unpaired) electrons. The highest BCUT2D eigenvalue weighted by atomic mass is 19.1. The van der Waals surface area contributed by atoms with E-state index in [1.54, 1.807) is 6.07 Å². The third kappa shape index (κ3) is 3.22. The lowest BCUT2D eigenvalue weighted by molar-refractivity contribution is 0.0697. The predicted octanol–water partition coefficient (Wildman–Crippen LogP) is 2.65. The maximum atomic E-state index is 13.0. The molecule has 2 aromatic rings. The number of hydrogen-bond donors (Lipinski definition) is 2. The van der Waals surface area contributed by atoms with Crippen LogP contribution in [-0.2, 0) is 0 Å².